The van der Waals surface area contributed by atoms with Crippen molar-refractivity contribution >= 4 is 34.1 Å². The quantitative estimate of drug-likeness (QED) is 0.339. The van der Waals surface area contributed by atoms with E-state index in [4.69, 9.17) is 0 Å². The van der Waals surface area contributed by atoms with Gasteiger partial charge in [-0.3, -0.25) is 0 Å². The van der Waals surface area contributed by atoms with E-state index in [1.165, 1.54) is 32.7 Å². The molecule has 0 saturated heterocycles. The Morgan fingerprint density at radius 1 is 0.600 bits per heavy atom. The summed E-state index contributed by atoms with van der Waals surface area (Å²) in [6.45, 7) is 0. The van der Waals surface area contributed by atoms with E-state index in [1.807, 2.05) is 24.3 Å². The van der Waals surface area contributed by atoms with E-state index in [0.717, 1.165) is 17.5 Å². The molecule has 0 bridgehead atoms. The van der Waals surface area contributed by atoms with Gasteiger partial charge in [-0.1, -0.05) is 103 Å². The summed E-state index contributed by atoms with van der Waals surface area (Å²) < 4.78 is 0. The molecular formula is C27H21BO2. The van der Waals surface area contributed by atoms with Crippen molar-refractivity contribution in [2.75, 3.05) is 0 Å². The van der Waals surface area contributed by atoms with Gasteiger partial charge in [-0.15, -0.1) is 0 Å². The predicted molar refractivity (Wildman–Crippen MR) is 126 cm³/mol. The van der Waals surface area contributed by atoms with Crippen molar-refractivity contribution < 1.29 is 10.0 Å². The Hall–Kier alpha value is -3.40. The van der Waals surface area contributed by atoms with Crippen LogP contribution < -0.4 is 5.46 Å². The zero-order valence-corrected chi connectivity index (χ0v) is 16.5. The fourth-order valence-electron chi connectivity index (χ4n) is 4.29. The van der Waals surface area contributed by atoms with Crippen molar-refractivity contribution in [2.45, 2.75) is 6.42 Å². The molecule has 0 saturated carbocycles. The Morgan fingerprint density at radius 2 is 1.37 bits per heavy atom. The molecule has 0 aromatic heterocycles. The highest BCUT2D eigenvalue weighted by molar-refractivity contribution is 6.58. The third-order valence-corrected chi connectivity index (χ3v) is 5.72. The zero-order chi connectivity index (χ0) is 20.5. The van der Waals surface area contributed by atoms with Crippen LogP contribution >= 0.6 is 0 Å². The van der Waals surface area contributed by atoms with Crippen LogP contribution in [0.2, 0.25) is 0 Å². The second-order valence-electron chi connectivity index (χ2n) is 7.64. The number of hydrogen-bond donors (Lipinski definition) is 2. The largest absolute Gasteiger partial charge is 0.488 e. The molecule has 144 valence electrons. The summed E-state index contributed by atoms with van der Waals surface area (Å²) in [4.78, 5) is 0. The minimum Gasteiger partial charge on any atom is -0.423 e. The highest BCUT2D eigenvalue weighted by Crippen LogP contribution is 2.36. The van der Waals surface area contributed by atoms with E-state index in [-0.39, 0.29) is 0 Å². The van der Waals surface area contributed by atoms with Gasteiger partial charge in [-0.2, -0.15) is 0 Å². The summed E-state index contributed by atoms with van der Waals surface area (Å²) in [5.74, 6) is 0. The summed E-state index contributed by atoms with van der Waals surface area (Å²) in [6, 6.07) is 35.2. The van der Waals surface area contributed by atoms with E-state index in [0.29, 0.717) is 5.46 Å². The van der Waals surface area contributed by atoms with Gasteiger partial charge in [0.05, 0.1) is 0 Å². The van der Waals surface area contributed by atoms with Gasteiger partial charge in [-0.25, -0.2) is 0 Å². The summed E-state index contributed by atoms with van der Waals surface area (Å²) in [5.41, 5.74) is 5.10. The molecule has 30 heavy (non-hydrogen) atoms. The number of benzene rings is 5. The smallest absolute Gasteiger partial charge is 0.423 e. The minimum absolute atomic E-state index is 0.496. The molecule has 3 heteroatoms. The lowest BCUT2D eigenvalue weighted by atomic mass is 9.78. The van der Waals surface area contributed by atoms with Gasteiger partial charge in [0.15, 0.2) is 0 Å². The molecule has 5 aromatic carbocycles. The van der Waals surface area contributed by atoms with Gasteiger partial charge >= 0.3 is 7.12 Å². The van der Waals surface area contributed by atoms with Crippen molar-refractivity contribution in [3.8, 4) is 11.1 Å². The average molecular weight is 388 g/mol. The van der Waals surface area contributed by atoms with E-state index in [2.05, 4.69) is 72.8 Å². The number of rotatable bonds is 4. The van der Waals surface area contributed by atoms with Gasteiger partial charge in [0, 0.05) is 0 Å². The first-order valence-electron chi connectivity index (χ1n) is 10.1. The van der Waals surface area contributed by atoms with Crippen LogP contribution in [-0.2, 0) is 6.42 Å². The maximum Gasteiger partial charge on any atom is 0.488 e. The normalized spacial score (nSPS) is 11.1. The molecular weight excluding hydrogens is 367 g/mol. The monoisotopic (exact) mass is 388 g/mol. The second kappa shape index (κ2) is 7.79. The maximum absolute atomic E-state index is 9.71. The summed E-state index contributed by atoms with van der Waals surface area (Å²) in [7, 11) is -1.49. The molecule has 0 aliphatic carbocycles. The van der Waals surface area contributed by atoms with Crippen LogP contribution in [0.25, 0.3) is 32.7 Å². The molecule has 0 heterocycles. The zero-order valence-electron chi connectivity index (χ0n) is 16.5. The first-order valence-corrected chi connectivity index (χ1v) is 10.1. The molecule has 5 rings (SSSR count). The molecule has 0 radical (unpaired) electrons. The highest BCUT2D eigenvalue weighted by atomic mass is 16.4. The molecule has 0 fully saturated rings. The topological polar surface area (TPSA) is 40.5 Å². The SMILES string of the molecule is OB(O)c1cccc(-c2c(Cc3ccccc3)ccc3c2ccc2ccccc23)c1. The number of fused-ring (bicyclic) bond motifs is 3. The van der Waals surface area contributed by atoms with E-state index >= 15 is 0 Å². The lowest BCUT2D eigenvalue weighted by Crippen LogP contribution is -2.29. The Bertz CT molecular complexity index is 1340. The fourth-order valence-corrected chi connectivity index (χ4v) is 4.29. The molecule has 0 aliphatic rings. The standard InChI is InChI=1S/C27H21BO2/c29-28(30)23-11-6-10-21(18-23)27-22(17-19-7-2-1-3-8-19)14-15-25-24-12-5-4-9-20(24)13-16-26(25)27/h1-16,18,29-30H,17H2. The van der Waals surface area contributed by atoms with Crippen LogP contribution in [-0.4, -0.2) is 17.2 Å². The Kier molecular flexibility index (Phi) is 4.84. The van der Waals surface area contributed by atoms with E-state index < -0.39 is 7.12 Å². The van der Waals surface area contributed by atoms with Crippen molar-refractivity contribution in [1.82, 2.24) is 0 Å². The first kappa shape index (κ1) is 18.6. The lowest BCUT2D eigenvalue weighted by molar-refractivity contribution is 0.426. The minimum atomic E-state index is -1.49. The van der Waals surface area contributed by atoms with Crippen molar-refractivity contribution in [2.24, 2.45) is 0 Å². The summed E-state index contributed by atoms with van der Waals surface area (Å²) >= 11 is 0. The molecule has 0 amide bonds. The Morgan fingerprint density at radius 3 is 2.20 bits per heavy atom. The van der Waals surface area contributed by atoms with Gasteiger partial charge in [0.25, 0.3) is 0 Å². The third kappa shape index (κ3) is 3.39. The molecule has 2 N–H and O–H groups in total. The maximum atomic E-state index is 9.71. The van der Waals surface area contributed by atoms with Crippen LogP contribution in [0, 0.1) is 0 Å². The number of hydrogen-bond acceptors (Lipinski definition) is 2. The van der Waals surface area contributed by atoms with Crippen molar-refractivity contribution in [3.63, 3.8) is 0 Å². The summed E-state index contributed by atoms with van der Waals surface area (Å²) in [6.07, 6.45) is 0.810. The van der Waals surface area contributed by atoms with Gasteiger partial charge in [0.2, 0.25) is 0 Å². The van der Waals surface area contributed by atoms with Crippen molar-refractivity contribution in [1.29, 1.82) is 0 Å². The molecule has 0 unspecified atom stereocenters. The van der Waals surface area contributed by atoms with Gasteiger partial charge in [-0.05, 0) is 55.7 Å². The van der Waals surface area contributed by atoms with E-state index in [9.17, 15) is 10.0 Å². The third-order valence-electron chi connectivity index (χ3n) is 5.72. The molecule has 0 atom stereocenters. The highest BCUT2D eigenvalue weighted by Gasteiger charge is 2.16. The average Bonchev–Trinajstić information content (AvgIpc) is 2.79. The van der Waals surface area contributed by atoms with Crippen LogP contribution in [0.5, 0.6) is 0 Å². The van der Waals surface area contributed by atoms with Crippen LogP contribution in [0.15, 0.2) is 103 Å². The molecule has 0 spiro atoms. The Labute approximate surface area is 176 Å². The van der Waals surface area contributed by atoms with Crippen LogP contribution in [0.3, 0.4) is 0 Å². The van der Waals surface area contributed by atoms with E-state index in [1.54, 1.807) is 6.07 Å². The fraction of sp³-hybridized carbons (Fsp3) is 0.0370. The van der Waals surface area contributed by atoms with Gasteiger partial charge < -0.3 is 10.0 Å². The second-order valence-corrected chi connectivity index (χ2v) is 7.64. The van der Waals surface area contributed by atoms with Crippen molar-refractivity contribution in [3.05, 3.63) is 114 Å². The van der Waals surface area contributed by atoms with Crippen LogP contribution in [0.1, 0.15) is 11.1 Å². The molecule has 2 nitrogen and oxygen atoms in total. The van der Waals surface area contributed by atoms with Crippen LogP contribution in [0.4, 0.5) is 0 Å². The predicted octanol–water partition coefficient (Wildman–Crippen LogP) is 4.93. The molecule has 5 aromatic rings. The first-order chi connectivity index (χ1) is 14.7. The summed E-state index contributed by atoms with van der Waals surface area (Å²) in [5, 5.41) is 24.2. The Balaban J connectivity index is 1.80. The lowest BCUT2D eigenvalue weighted by Gasteiger charge is -2.16. The molecule has 0 aliphatic heterocycles. The van der Waals surface area contributed by atoms with Gasteiger partial charge in [0.1, 0.15) is 0 Å².